The molecule has 0 spiro atoms. The Labute approximate surface area is 159 Å². The van der Waals surface area contributed by atoms with E-state index in [1.807, 2.05) is 0 Å². The third-order valence-corrected chi connectivity index (χ3v) is 4.50. The van der Waals surface area contributed by atoms with Gasteiger partial charge in [0, 0.05) is 30.3 Å². The van der Waals surface area contributed by atoms with E-state index in [0.717, 1.165) is 18.9 Å². The van der Waals surface area contributed by atoms with Gasteiger partial charge in [0.2, 0.25) is 0 Å². The van der Waals surface area contributed by atoms with E-state index < -0.39 is 17.8 Å². The van der Waals surface area contributed by atoms with Gasteiger partial charge in [-0.05, 0) is 49.6 Å². The molecule has 28 heavy (non-hydrogen) atoms. The second kappa shape index (κ2) is 8.04. The molecule has 0 aliphatic heterocycles. The predicted molar refractivity (Wildman–Crippen MR) is 93.9 cm³/mol. The van der Waals surface area contributed by atoms with Crippen LogP contribution in [0.5, 0.6) is 0 Å². The van der Waals surface area contributed by atoms with E-state index in [2.05, 4.69) is 15.2 Å². The molecule has 1 heterocycles. The lowest BCUT2D eigenvalue weighted by molar-refractivity contribution is -0.141. The Morgan fingerprint density at radius 3 is 2.43 bits per heavy atom. The first-order valence-corrected chi connectivity index (χ1v) is 8.91. The largest absolute Gasteiger partial charge is 0.465 e. The van der Waals surface area contributed by atoms with Crippen molar-refractivity contribution in [1.29, 1.82) is 0 Å². The fourth-order valence-electron chi connectivity index (χ4n) is 2.86. The topological polar surface area (TPSA) is 73.2 Å². The number of carbonyl (C=O) groups is 2. The van der Waals surface area contributed by atoms with E-state index in [-0.39, 0.29) is 11.8 Å². The van der Waals surface area contributed by atoms with Gasteiger partial charge in [-0.3, -0.25) is 9.48 Å². The quantitative estimate of drug-likeness (QED) is 0.576. The minimum absolute atomic E-state index is 0.145. The van der Waals surface area contributed by atoms with Gasteiger partial charge in [0.15, 0.2) is 5.69 Å². The minimum Gasteiger partial charge on any atom is -0.465 e. The summed E-state index contributed by atoms with van der Waals surface area (Å²) in [5, 5.41) is 6.40. The van der Waals surface area contributed by atoms with Crippen molar-refractivity contribution in [2.24, 2.45) is 0 Å². The molecule has 1 aliphatic carbocycles. The molecule has 3 rings (SSSR count). The second-order valence-electron chi connectivity index (χ2n) is 6.63. The van der Waals surface area contributed by atoms with E-state index in [9.17, 15) is 22.8 Å². The van der Waals surface area contributed by atoms with E-state index in [0.29, 0.717) is 36.3 Å². The smallest absolute Gasteiger partial charge is 0.435 e. The average Bonchev–Trinajstić information content (AvgIpc) is 3.42. The molecule has 6 nitrogen and oxygen atoms in total. The summed E-state index contributed by atoms with van der Waals surface area (Å²) < 4.78 is 44.7. The maximum atomic E-state index is 12.9. The van der Waals surface area contributed by atoms with Crippen molar-refractivity contribution < 1.29 is 27.5 Å². The van der Waals surface area contributed by atoms with Crippen LogP contribution in [0.4, 0.5) is 13.2 Å². The summed E-state index contributed by atoms with van der Waals surface area (Å²) in [5.41, 5.74) is 0.455. The molecule has 1 aromatic heterocycles. The lowest BCUT2D eigenvalue weighted by Crippen LogP contribution is -2.25. The van der Waals surface area contributed by atoms with E-state index in [1.165, 1.54) is 36.1 Å². The Bertz CT molecular complexity index is 856. The number of methoxy groups -OCH3 is 1. The van der Waals surface area contributed by atoms with Crippen LogP contribution in [0.15, 0.2) is 30.3 Å². The van der Waals surface area contributed by atoms with Crippen LogP contribution in [-0.2, 0) is 17.5 Å². The number of rotatable bonds is 7. The summed E-state index contributed by atoms with van der Waals surface area (Å²) in [6, 6.07) is 7.13. The normalized spacial score (nSPS) is 14.0. The Morgan fingerprint density at radius 2 is 1.86 bits per heavy atom. The van der Waals surface area contributed by atoms with Crippen molar-refractivity contribution in [3.63, 3.8) is 0 Å². The van der Waals surface area contributed by atoms with Crippen molar-refractivity contribution in [1.82, 2.24) is 15.1 Å². The number of hydrogen-bond donors (Lipinski definition) is 1. The van der Waals surface area contributed by atoms with Crippen molar-refractivity contribution in [2.75, 3.05) is 13.7 Å². The highest BCUT2D eigenvalue weighted by Gasteiger charge is 2.37. The first-order valence-electron chi connectivity index (χ1n) is 8.91. The fourth-order valence-corrected chi connectivity index (χ4v) is 2.86. The minimum atomic E-state index is -4.46. The molecular weight excluding hydrogens is 375 g/mol. The number of ether oxygens (including phenoxy) is 1. The average molecular weight is 395 g/mol. The third-order valence-electron chi connectivity index (χ3n) is 4.50. The van der Waals surface area contributed by atoms with Crippen LogP contribution in [0.2, 0.25) is 0 Å². The van der Waals surface area contributed by atoms with Gasteiger partial charge >= 0.3 is 12.1 Å². The molecule has 1 aromatic carbocycles. The Kier molecular flexibility index (Phi) is 5.71. The summed E-state index contributed by atoms with van der Waals surface area (Å²) in [6.45, 7) is 0.590. The third kappa shape index (κ3) is 4.71. The Morgan fingerprint density at radius 1 is 1.21 bits per heavy atom. The van der Waals surface area contributed by atoms with Crippen molar-refractivity contribution >= 4 is 11.9 Å². The summed E-state index contributed by atoms with van der Waals surface area (Å²) >= 11 is 0. The van der Waals surface area contributed by atoms with Crippen LogP contribution in [-0.4, -0.2) is 35.3 Å². The summed E-state index contributed by atoms with van der Waals surface area (Å²) in [7, 11) is 1.27. The lowest BCUT2D eigenvalue weighted by atomic mass is 10.1. The van der Waals surface area contributed by atoms with Gasteiger partial charge in [-0.1, -0.05) is 0 Å². The number of benzene rings is 1. The highest BCUT2D eigenvalue weighted by atomic mass is 19.4. The van der Waals surface area contributed by atoms with Gasteiger partial charge in [0.05, 0.1) is 12.7 Å². The lowest BCUT2D eigenvalue weighted by Gasteiger charge is -2.08. The highest BCUT2D eigenvalue weighted by molar-refractivity contribution is 5.96. The van der Waals surface area contributed by atoms with Gasteiger partial charge in [0.25, 0.3) is 5.91 Å². The first-order chi connectivity index (χ1) is 13.3. The number of hydrogen-bond acceptors (Lipinski definition) is 4. The van der Waals surface area contributed by atoms with Crippen LogP contribution in [0.3, 0.4) is 0 Å². The molecule has 150 valence electrons. The van der Waals surface area contributed by atoms with E-state index >= 15 is 0 Å². The fraction of sp³-hybridized carbons (Fsp3) is 0.421. The van der Waals surface area contributed by atoms with Crippen LogP contribution in [0.1, 0.15) is 57.3 Å². The molecule has 0 atom stereocenters. The monoisotopic (exact) mass is 395 g/mol. The van der Waals surface area contributed by atoms with Crippen molar-refractivity contribution in [2.45, 2.75) is 37.9 Å². The molecule has 1 saturated carbocycles. The standard InChI is InChI=1S/C19H20F3N3O3/c1-28-18(27)14-7-5-13(6-8-14)17(26)23-9-2-10-25-15(12-3-4-12)11-16(24-25)19(20,21)22/h5-8,11-12H,2-4,9-10H2,1H3,(H,23,26). The molecule has 0 unspecified atom stereocenters. The number of halogens is 3. The number of aromatic nitrogens is 2. The molecule has 0 bridgehead atoms. The number of esters is 1. The van der Waals surface area contributed by atoms with Gasteiger partial charge in [-0.15, -0.1) is 0 Å². The molecule has 0 radical (unpaired) electrons. The van der Waals surface area contributed by atoms with Crippen LogP contribution in [0, 0.1) is 0 Å². The maximum Gasteiger partial charge on any atom is 0.435 e. The number of amides is 1. The Hall–Kier alpha value is -2.84. The van der Waals surface area contributed by atoms with Gasteiger partial charge in [0.1, 0.15) is 0 Å². The van der Waals surface area contributed by atoms with Crippen molar-refractivity contribution in [3.8, 4) is 0 Å². The number of alkyl halides is 3. The molecular formula is C19H20F3N3O3. The highest BCUT2D eigenvalue weighted by Crippen LogP contribution is 2.42. The molecule has 9 heteroatoms. The van der Waals surface area contributed by atoms with E-state index in [4.69, 9.17) is 0 Å². The van der Waals surface area contributed by atoms with Gasteiger partial charge in [-0.25, -0.2) is 4.79 Å². The van der Waals surface area contributed by atoms with Crippen LogP contribution >= 0.6 is 0 Å². The SMILES string of the molecule is COC(=O)c1ccc(C(=O)NCCCn2nc(C(F)(F)F)cc2C2CC2)cc1. The van der Waals surface area contributed by atoms with Crippen molar-refractivity contribution in [3.05, 3.63) is 52.8 Å². The molecule has 1 fully saturated rings. The van der Waals surface area contributed by atoms with Crippen LogP contribution in [0.25, 0.3) is 0 Å². The molecule has 0 saturated heterocycles. The number of nitrogens with zero attached hydrogens (tertiary/aromatic N) is 2. The van der Waals surface area contributed by atoms with E-state index in [1.54, 1.807) is 0 Å². The molecule has 1 aliphatic rings. The zero-order valence-corrected chi connectivity index (χ0v) is 15.3. The zero-order chi connectivity index (χ0) is 20.3. The van der Waals surface area contributed by atoms with Gasteiger partial charge < -0.3 is 10.1 Å². The molecule has 1 N–H and O–H groups in total. The number of nitrogens with one attached hydrogen (secondary N) is 1. The number of carbonyl (C=O) groups excluding carboxylic acids is 2. The Balaban J connectivity index is 1.52. The van der Waals surface area contributed by atoms with Crippen LogP contribution < -0.4 is 5.32 Å². The first kappa shape index (κ1) is 19.9. The molecule has 1 amide bonds. The summed E-state index contributed by atoms with van der Waals surface area (Å²) in [6.07, 6.45) is -2.26. The predicted octanol–water partition coefficient (Wildman–Crippen LogP) is 3.39. The number of aryl methyl sites for hydroxylation is 1. The van der Waals surface area contributed by atoms with Gasteiger partial charge in [-0.2, -0.15) is 18.3 Å². The second-order valence-corrected chi connectivity index (χ2v) is 6.63. The maximum absolute atomic E-state index is 12.9. The zero-order valence-electron chi connectivity index (χ0n) is 15.3. The molecule has 2 aromatic rings. The summed E-state index contributed by atoms with van der Waals surface area (Å²) in [4.78, 5) is 23.5. The summed E-state index contributed by atoms with van der Waals surface area (Å²) in [5.74, 6) is -0.669.